The molecule has 2 aromatic carbocycles. The van der Waals surface area contributed by atoms with E-state index >= 15 is 0 Å². The van der Waals surface area contributed by atoms with E-state index in [4.69, 9.17) is 0 Å². The first-order chi connectivity index (χ1) is 13.8. The van der Waals surface area contributed by atoms with Crippen LogP contribution in [-0.4, -0.2) is 16.9 Å². The lowest BCUT2D eigenvalue weighted by atomic mass is 9.87. The molecule has 3 amide bonds. The highest BCUT2D eigenvalue weighted by atomic mass is 16.2. The highest BCUT2D eigenvalue weighted by molar-refractivity contribution is 6.08. The lowest BCUT2D eigenvalue weighted by Gasteiger charge is -2.19. The van der Waals surface area contributed by atoms with E-state index in [1.807, 2.05) is 36.4 Å². The Labute approximate surface area is 170 Å². The second kappa shape index (κ2) is 8.56. The van der Waals surface area contributed by atoms with Gasteiger partial charge in [-0.05, 0) is 59.5 Å². The van der Waals surface area contributed by atoms with Crippen molar-refractivity contribution >= 4 is 29.0 Å². The minimum absolute atomic E-state index is 0.00439. The van der Waals surface area contributed by atoms with E-state index in [2.05, 4.69) is 41.7 Å². The Morgan fingerprint density at radius 3 is 2.07 bits per heavy atom. The molecule has 6 heteroatoms. The molecule has 0 aliphatic rings. The number of pyridine rings is 1. The number of nitrogens with one attached hydrogen (secondary N) is 3. The fourth-order valence-electron chi connectivity index (χ4n) is 2.70. The van der Waals surface area contributed by atoms with Crippen LogP contribution in [0.25, 0.3) is 0 Å². The van der Waals surface area contributed by atoms with Crippen LogP contribution in [0.5, 0.6) is 0 Å². The summed E-state index contributed by atoms with van der Waals surface area (Å²) in [6, 6.07) is 17.6. The Hall–Kier alpha value is -3.67. The van der Waals surface area contributed by atoms with Crippen molar-refractivity contribution in [1.82, 2.24) is 10.3 Å². The van der Waals surface area contributed by atoms with Gasteiger partial charge in [0.2, 0.25) is 0 Å². The van der Waals surface area contributed by atoms with Crippen molar-refractivity contribution in [3.63, 3.8) is 0 Å². The first-order valence-corrected chi connectivity index (χ1v) is 9.31. The molecule has 3 aromatic rings. The van der Waals surface area contributed by atoms with Crippen LogP contribution in [0.15, 0.2) is 73.1 Å². The summed E-state index contributed by atoms with van der Waals surface area (Å²) in [6.07, 6.45) is 3.43. The van der Waals surface area contributed by atoms with E-state index in [0.29, 0.717) is 11.3 Å². The summed E-state index contributed by atoms with van der Waals surface area (Å²) in [5.74, 6) is -0.446. The highest BCUT2D eigenvalue weighted by Crippen LogP contribution is 2.22. The maximum atomic E-state index is 12.3. The van der Waals surface area contributed by atoms with Crippen LogP contribution in [0.3, 0.4) is 0 Å². The van der Waals surface area contributed by atoms with E-state index in [1.54, 1.807) is 36.7 Å². The standard InChI is InChI=1S/C23H24N4O2/c1-23(2,3)17-8-6-16(7-9-17)21(28)27-22(29)26-19-12-10-18(11-13-19)25-20-5-4-14-24-15-20/h4-15,25H,1-3H3,(H2,26,27,28,29). The van der Waals surface area contributed by atoms with E-state index < -0.39 is 11.9 Å². The largest absolute Gasteiger partial charge is 0.354 e. The quantitative estimate of drug-likeness (QED) is 0.582. The monoisotopic (exact) mass is 388 g/mol. The predicted octanol–water partition coefficient (Wildman–Crippen LogP) is 5.08. The third kappa shape index (κ3) is 5.65. The smallest absolute Gasteiger partial charge is 0.326 e. The topological polar surface area (TPSA) is 83.1 Å². The van der Waals surface area contributed by atoms with Crippen molar-refractivity contribution in [2.45, 2.75) is 26.2 Å². The van der Waals surface area contributed by atoms with Gasteiger partial charge < -0.3 is 10.6 Å². The van der Waals surface area contributed by atoms with Crippen molar-refractivity contribution in [2.75, 3.05) is 10.6 Å². The summed E-state index contributed by atoms with van der Waals surface area (Å²) < 4.78 is 0. The molecule has 1 heterocycles. The number of carbonyl (C=O) groups is 2. The van der Waals surface area contributed by atoms with E-state index in [-0.39, 0.29) is 5.41 Å². The number of anilines is 3. The van der Waals surface area contributed by atoms with Gasteiger partial charge >= 0.3 is 6.03 Å². The number of aromatic nitrogens is 1. The van der Waals surface area contributed by atoms with Crippen LogP contribution in [0.4, 0.5) is 21.9 Å². The van der Waals surface area contributed by atoms with Crippen molar-refractivity contribution in [3.05, 3.63) is 84.2 Å². The summed E-state index contributed by atoms with van der Waals surface area (Å²) in [5, 5.41) is 8.21. The Kier molecular flexibility index (Phi) is 5.93. The SMILES string of the molecule is CC(C)(C)c1ccc(C(=O)NC(=O)Nc2ccc(Nc3cccnc3)cc2)cc1. The minimum atomic E-state index is -0.581. The fraction of sp³-hybridized carbons (Fsp3) is 0.174. The maximum absolute atomic E-state index is 12.3. The zero-order valence-electron chi connectivity index (χ0n) is 16.7. The molecular formula is C23H24N4O2. The normalized spacial score (nSPS) is 10.9. The van der Waals surface area contributed by atoms with Gasteiger partial charge in [-0.2, -0.15) is 0 Å². The van der Waals surface area contributed by atoms with Gasteiger partial charge in [-0.25, -0.2) is 4.79 Å². The number of hydrogen-bond donors (Lipinski definition) is 3. The summed E-state index contributed by atoms with van der Waals surface area (Å²) in [4.78, 5) is 28.5. The van der Waals surface area contributed by atoms with Crippen molar-refractivity contribution in [3.8, 4) is 0 Å². The number of hydrogen-bond acceptors (Lipinski definition) is 4. The Bertz CT molecular complexity index is 976. The molecule has 1 aromatic heterocycles. The summed E-state index contributed by atoms with van der Waals surface area (Å²) in [5.41, 5.74) is 3.87. The highest BCUT2D eigenvalue weighted by Gasteiger charge is 2.15. The molecule has 148 valence electrons. The summed E-state index contributed by atoms with van der Waals surface area (Å²) in [7, 11) is 0. The minimum Gasteiger partial charge on any atom is -0.354 e. The number of benzene rings is 2. The Balaban J connectivity index is 1.55. The number of rotatable bonds is 4. The molecule has 3 N–H and O–H groups in total. The first-order valence-electron chi connectivity index (χ1n) is 9.31. The third-order valence-corrected chi connectivity index (χ3v) is 4.33. The van der Waals surface area contributed by atoms with Crippen molar-refractivity contribution < 1.29 is 9.59 Å². The van der Waals surface area contributed by atoms with Crippen LogP contribution >= 0.6 is 0 Å². The van der Waals surface area contributed by atoms with Gasteiger partial charge in [0.05, 0.1) is 11.9 Å². The maximum Gasteiger partial charge on any atom is 0.326 e. The second-order valence-corrected chi connectivity index (χ2v) is 7.68. The molecule has 0 aliphatic heterocycles. The first kappa shape index (κ1) is 20.1. The fourth-order valence-corrected chi connectivity index (χ4v) is 2.70. The van der Waals surface area contributed by atoms with Gasteiger partial charge in [0.15, 0.2) is 0 Å². The van der Waals surface area contributed by atoms with Crippen LogP contribution in [0, 0.1) is 0 Å². The van der Waals surface area contributed by atoms with E-state index in [1.165, 1.54) is 0 Å². The van der Waals surface area contributed by atoms with E-state index in [0.717, 1.165) is 16.9 Å². The average molecular weight is 388 g/mol. The molecule has 0 saturated heterocycles. The molecule has 0 atom stereocenters. The third-order valence-electron chi connectivity index (χ3n) is 4.33. The van der Waals surface area contributed by atoms with Crippen molar-refractivity contribution in [1.29, 1.82) is 0 Å². The van der Waals surface area contributed by atoms with Crippen LogP contribution in [-0.2, 0) is 5.41 Å². The molecule has 6 nitrogen and oxygen atoms in total. The lowest BCUT2D eigenvalue weighted by Crippen LogP contribution is -2.34. The van der Waals surface area contributed by atoms with Crippen LogP contribution < -0.4 is 16.0 Å². The van der Waals surface area contributed by atoms with Gasteiger partial charge in [-0.15, -0.1) is 0 Å². The predicted molar refractivity (Wildman–Crippen MR) is 116 cm³/mol. The zero-order valence-corrected chi connectivity index (χ0v) is 16.7. The molecule has 0 fully saturated rings. The van der Waals surface area contributed by atoms with Gasteiger partial charge in [-0.1, -0.05) is 32.9 Å². The molecule has 0 spiro atoms. The summed E-state index contributed by atoms with van der Waals surface area (Å²) in [6.45, 7) is 6.31. The number of carbonyl (C=O) groups excluding carboxylic acids is 2. The Morgan fingerprint density at radius 1 is 0.828 bits per heavy atom. The molecule has 0 radical (unpaired) electrons. The average Bonchev–Trinajstić information content (AvgIpc) is 2.69. The van der Waals surface area contributed by atoms with Crippen LogP contribution in [0.1, 0.15) is 36.7 Å². The molecule has 3 rings (SSSR count). The molecule has 0 aliphatic carbocycles. The summed E-state index contributed by atoms with van der Waals surface area (Å²) >= 11 is 0. The van der Waals surface area contributed by atoms with E-state index in [9.17, 15) is 9.59 Å². The number of nitrogens with zero attached hydrogens (tertiary/aromatic N) is 1. The molecule has 0 bridgehead atoms. The number of imide groups is 1. The van der Waals surface area contributed by atoms with Gasteiger partial charge in [0, 0.05) is 23.1 Å². The lowest BCUT2D eigenvalue weighted by molar-refractivity contribution is 0.0967. The van der Waals surface area contributed by atoms with Gasteiger partial charge in [0.1, 0.15) is 0 Å². The van der Waals surface area contributed by atoms with Gasteiger partial charge in [0.25, 0.3) is 5.91 Å². The number of amides is 3. The zero-order chi connectivity index (χ0) is 20.9. The number of urea groups is 1. The van der Waals surface area contributed by atoms with Crippen molar-refractivity contribution in [2.24, 2.45) is 0 Å². The molecule has 29 heavy (non-hydrogen) atoms. The second-order valence-electron chi connectivity index (χ2n) is 7.68. The Morgan fingerprint density at radius 2 is 1.48 bits per heavy atom. The molecule has 0 unspecified atom stereocenters. The van der Waals surface area contributed by atoms with Gasteiger partial charge in [-0.3, -0.25) is 15.1 Å². The molecule has 0 saturated carbocycles. The van der Waals surface area contributed by atoms with Crippen LogP contribution in [0.2, 0.25) is 0 Å². The molecular weight excluding hydrogens is 364 g/mol.